The molecule has 2 aromatic rings. The van der Waals surface area contributed by atoms with E-state index in [9.17, 15) is 4.39 Å². The van der Waals surface area contributed by atoms with Crippen LogP contribution in [0.3, 0.4) is 0 Å². The van der Waals surface area contributed by atoms with E-state index >= 15 is 0 Å². The summed E-state index contributed by atoms with van der Waals surface area (Å²) >= 11 is 0. The molecule has 1 fully saturated rings. The third-order valence-corrected chi connectivity index (χ3v) is 3.13. The molecule has 0 saturated carbocycles. The minimum Gasteiger partial charge on any atom is -0.451 e. The van der Waals surface area contributed by atoms with Crippen LogP contribution < -0.4 is 10.2 Å². The van der Waals surface area contributed by atoms with E-state index in [1.54, 1.807) is 0 Å². The molecule has 0 amide bonds. The molecule has 1 aromatic carbocycles. The van der Waals surface area contributed by atoms with E-state index in [2.05, 4.69) is 15.2 Å². The zero-order chi connectivity index (χ0) is 12.4. The molecule has 1 saturated heterocycles. The summed E-state index contributed by atoms with van der Waals surface area (Å²) < 4.78 is 19.0. The van der Waals surface area contributed by atoms with Gasteiger partial charge in [-0.1, -0.05) is 6.07 Å². The van der Waals surface area contributed by atoms with Gasteiger partial charge in [0.15, 0.2) is 6.39 Å². The highest BCUT2D eigenvalue weighted by atomic mass is 19.1. The molecule has 3 rings (SSSR count). The van der Waals surface area contributed by atoms with E-state index in [4.69, 9.17) is 4.42 Å². The van der Waals surface area contributed by atoms with Gasteiger partial charge in [0, 0.05) is 31.7 Å². The molecule has 94 valence electrons. The van der Waals surface area contributed by atoms with Gasteiger partial charge < -0.3 is 14.6 Å². The van der Waals surface area contributed by atoms with Crippen molar-refractivity contribution in [3.8, 4) is 11.3 Å². The average Bonchev–Trinajstić information content (AvgIpc) is 2.93. The van der Waals surface area contributed by atoms with Crippen LogP contribution in [0.2, 0.25) is 0 Å². The third kappa shape index (κ3) is 2.09. The van der Waals surface area contributed by atoms with Crippen LogP contribution in [0.5, 0.6) is 0 Å². The van der Waals surface area contributed by atoms with Crippen molar-refractivity contribution in [2.24, 2.45) is 0 Å². The SMILES string of the molecule is Fc1cc(-c2cocn2)ccc1N1CCNCC1. The predicted molar refractivity (Wildman–Crippen MR) is 67.0 cm³/mol. The molecule has 1 N–H and O–H groups in total. The van der Waals surface area contributed by atoms with Crippen LogP contribution in [0.25, 0.3) is 11.3 Å². The van der Waals surface area contributed by atoms with Gasteiger partial charge in [0.25, 0.3) is 0 Å². The van der Waals surface area contributed by atoms with E-state index in [0.717, 1.165) is 31.7 Å². The molecule has 0 bridgehead atoms. The van der Waals surface area contributed by atoms with Crippen LogP contribution in [0.4, 0.5) is 10.1 Å². The Morgan fingerprint density at radius 2 is 2.11 bits per heavy atom. The van der Waals surface area contributed by atoms with Gasteiger partial charge in [-0.2, -0.15) is 0 Å². The molecule has 18 heavy (non-hydrogen) atoms. The highest BCUT2D eigenvalue weighted by Crippen LogP contribution is 2.25. The molecule has 1 aliphatic heterocycles. The number of halogens is 1. The van der Waals surface area contributed by atoms with E-state index in [1.807, 2.05) is 12.1 Å². The van der Waals surface area contributed by atoms with Crippen LogP contribution in [0.15, 0.2) is 35.3 Å². The number of hydrogen-bond acceptors (Lipinski definition) is 4. The van der Waals surface area contributed by atoms with E-state index in [-0.39, 0.29) is 5.82 Å². The summed E-state index contributed by atoms with van der Waals surface area (Å²) in [6.07, 6.45) is 2.86. The molecule has 5 heteroatoms. The number of oxazole rings is 1. The lowest BCUT2D eigenvalue weighted by molar-refractivity contribution is 0.558. The molecule has 0 radical (unpaired) electrons. The summed E-state index contributed by atoms with van der Waals surface area (Å²) in [5.41, 5.74) is 2.05. The minimum absolute atomic E-state index is 0.211. The second kappa shape index (κ2) is 4.78. The minimum atomic E-state index is -0.211. The topological polar surface area (TPSA) is 41.3 Å². The monoisotopic (exact) mass is 247 g/mol. The lowest BCUT2D eigenvalue weighted by Crippen LogP contribution is -2.43. The molecule has 1 aromatic heterocycles. The summed E-state index contributed by atoms with van der Waals surface area (Å²) in [6, 6.07) is 5.19. The Kier molecular flexibility index (Phi) is 2.98. The van der Waals surface area contributed by atoms with Crippen LogP contribution in [0.1, 0.15) is 0 Å². The summed E-state index contributed by atoms with van der Waals surface area (Å²) in [5, 5.41) is 3.25. The number of anilines is 1. The van der Waals surface area contributed by atoms with Crippen molar-refractivity contribution >= 4 is 5.69 Å². The van der Waals surface area contributed by atoms with E-state index in [0.29, 0.717) is 11.4 Å². The van der Waals surface area contributed by atoms with Crippen LogP contribution in [0, 0.1) is 5.82 Å². The molecule has 0 aliphatic carbocycles. The van der Waals surface area contributed by atoms with Crippen molar-refractivity contribution in [1.29, 1.82) is 0 Å². The second-order valence-corrected chi connectivity index (χ2v) is 4.28. The number of nitrogens with one attached hydrogen (secondary N) is 1. The van der Waals surface area contributed by atoms with Crippen molar-refractivity contribution in [3.63, 3.8) is 0 Å². The Labute approximate surface area is 104 Å². The number of aromatic nitrogens is 1. The number of nitrogens with zero attached hydrogens (tertiary/aromatic N) is 2. The Balaban J connectivity index is 1.89. The van der Waals surface area contributed by atoms with Gasteiger partial charge >= 0.3 is 0 Å². The first-order chi connectivity index (χ1) is 8.84. The maximum Gasteiger partial charge on any atom is 0.181 e. The van der Waals surface area contributed by atoms with Gasteiger partial charge in [0.05, 0.1) is 5.69 Å². The zero-order valence-electron chi connectivity index (χ0n) is 9.90. The predicted octanol–water partition coefficient (Wildman–Crippen LogP) is 1.89. The first-order valence-corrected chi connectivity index (χ1v) is 5.98. The van der Waals surface area contributed by atoms with E-state index < -0.39 is 0 Å². The average molecular weight is 247 g/mol. The van der Waals surface area contributed by atoms with Gasteiger partial charge in [-0.05, 0) is 12.1 Å². The molecular formula is C13H14FN3O. The lowest BCUT2D eigenvalue weighted by Gasteiger charge is -2.29. The first-order valence-electron chi connectivity index (χ1n) is 5.98. The fourth-order valence-corrected chi connectivity index (χ4v) is 2.18. The van der Waals surface area contributed by atoms with Gasteiger partial charge in [-0.3, -0.25) is 0 Å². The number of rotatable bonds is 2. The maximum absolute atomic E-state index is 14.1. The van der Waals surface area contributed by atoms with Crippen molar-refractivity contribution < 1.29 is 8.81 Å². The molecule has 0 spiro atoms. The Morgan fingerprint density at radius 3 is 2.78 bits per heavy atom. The Morgan fingerprint density at radius 1 is 1.28 bits per heavy atom. The van der Waals surface area contributed by atoms with Crippen molar-refractivity contribution in [3.05, 3.63) is 36.7 Å². The van der Waals surface area contributed by atoms with Crippen molar-refractivity contribution in [2.75, 3.05) is 31.1 Å². The maximum atomic E-state index is 14.1. The van der Waals surface area contributed by atoms with Crippen LogP contribution in [-0.2, 0) is 0 Å². The van der Waals surface area contributed by atoms with Gasteiger partial charge in [0.2, 0.25) is 0 Å². The molecule has 4 nitrogen and oxygen atoms in total. The lowest BCUT2D eigenvalue weighted by atomic mass is 10.1. The van der Waals surface area contributed by atoms with Gasteiger partial charge in [-0.25, -0.2) is 9.37 Å². The summed E-state index contributed by atoms with van der Waals surface area (Å²) in [4.78, 5) is 6.07. The third-order valence-electron chi connectivity index (χ3n) is 3.13. The van der Waals surface area contributed by atoms with Crippen molar-refractivity contribution in [1.82, 2.24) is 10.3 Å². The standard InChI is InChI=1S/C13H14FN3O/c14-11-7-10(12-8-18-9-16-12)1-2-13(11)17-5-3-15-4-6-17/h1-2,7-9,15H,3-6H2. The summed E-state index contributed by atoms with van der Waals surface area (Å²) in [5.74, 6) is -0.211. The number of benzene rings is 1. The normalized spacial score (nSPS) is 15.9. The molecule has 2 heterocycles. The van der Waals surface area contributed by atoms with Crippen LogP contribution >= 0.6 is 0 Å². The summed E-state index contributed by atoms with van der Waals surface area (Å²) in [7, 11) is 0. The molecule has 1 aliphatic rings. The smallest absolute Gasteiger partial charge is 0.181 e. The fourth-order valence-electron chi connectivity index (χ4n) is 2.18. The van der Waals surface area contributed by atoms with Crippen LogP contribution in [-0.4, -0.2) is 31.2 Å². The highest BCUT2D eigenvalue weighted by molar-refractivity contribution is 5.63. The quantitative estimate of drug-likeness (QED) is 0.880. The Bertz CT molecular complexity index is 521. The number of hydrogen-bond donors (Lipinski definition) is 1. The second-order valence-electron chi connectivity index (χ2n) is 4.28. The first kappa shape index (κ1) is 11.2. The molecule has 0 atom stereocenters. The highest BCUT2D eigenvalue weighted by Gasteiger charge is 2.15. The summed E-state index contributed by atoms with van der Waals surface area (Å²) in [6.45, 7) is 3.45. The largest absolute Gasteiger partial charge is 0.451 e. The van der Waals surface area contributed by atoms with E-state index in [1.165, 1.54) is 18.7 Å². The van der Waals surface area contributed by atoms with Gasteiger partial charge in [0.1, 0.15) is 17.8 Å². The zero-order valence-corrected chi connectivity index (χ0v) is 9.90. The van der Waals surface area contributed by atoms with Crippen molar-refractivity contribution in [2.45, 2.75) is 0 Å². The molecule has 0 unspecified atom stereocenters. The van der Waals surface area contributed by atoms with Gasteiger partial charge in [-0.15, -0.1) is 0 Å². The molecular weight excluding hydrogens is 233 g/mol. The fraction of sp³-hybridized carbons (Fsp3) is 0.308. The number of piperazine rings is 1. The Hall–Kier alpha value is -1.88.